The molecule has 29 heavy (non-hydrogen) atoms. The molecule has 1 aromatic carbocycles. The van der Waals surface area contributed by atoms with Crippen molar-refractivity contribution in [1.82, 2.24) is 9.55 Å². The predicted molar refractivity (Wildman–Crippen MR) is 119 cm³/mol. The number of nitrogens with zero attached hydrogens (tertiary/aromatic N) is 4. The minimum atomic E-state index is -0.268. The first-order valence-electron chi connectivity index (χ1n) is 9.47. The van der Waals surface area contributed by atoms with Gasteiger partial charge in [0.25, 0.3) is 5.56 Å². The van der Waals surface area contributed by atoms with Crippen molar-refractivity contribution in [2.24, 2.45) is 12.1 Å². The second-order valence-electron chi connectivity index (χ2n) is 8.06. The van der Waals surface area contributed by atoms with Crippen molar-refractivity contribution >= 4 is 39.4 Å². The molecule has 0 saturated carbocycles. The van der Waals surface area contributed by atoms with Gasteiger partial charge < -0.3 is 9.64 Å². The molecule has 0 aliphatic carbocycles. The van der Waals surface area contributed by atoms with Crippen molar-refractivity contribution in [3.05, 3.63) is 50.6 Å². The zero-order valence-corrected chi connectivity index (χ0v) is 18.1. The molecule has 8 heteroatoms. The number of thiophene rings is 1. The molecule has 3 heterocycles. The smallest absolute Gasteiger partial charge is 0.263 e. The van der Waals surface area contributed by atoms with E-state index >= 15 is 0 Å². The van der Waals surface area contributed by atoms with E-state index in [-0.39, 0.29) is 11.2 Å². The molecule has 2 aromatic heterocycles. The summed E-state index contributed by atoms with van der Waals surface area (Å²) in [5.41, 5.74) is 5.75. The van der Waals surface area contributed by atoms with Crippen LogP contribution in [-0.4, -0.2) is 35.5 Å². The van der Waals surface area contributed by atoms with Crippen molar-refractivity contribution < 1.29 is 4.74 Å². The predicted octanol–water partition coefficient (Wildman–Crippen LogP) is 3.36. The number of aromatic nitrogens is 2. The van der Waals surface area contributed by atoms with E-state index in [1.807, 2.05) is 57.1 Å². The molecule has 7 nitrogen and oxygen atoms in total. The maximum Gasteiger partial charge on any atom is 0.263 e. The van der Waals surface area contributed by atoms with E-state index in [1.54, 1.807) is 13.3 Å². The number of nitrogens with one attached hydrogen (secondary N) is 1. The first-order chi connectivity index (χ1) is 13.7. The number of hydrazone groups is 1. The van der Waals surface area contributed by atoms with Crippen LogP contribution in [0.4, 0.5) is 11.6 Å². The van der Waals surface area contributed by atoms with Gasteiger partial charge in [-0.15, -0.1) is 11.3 Å². The van der Waals surface area contributed by atoms with Gasteiger partial charge in [0.2, 0.25) is 5.95 Å². The molecule has 0 bridgehead atoms. The summed E-state index contributed by atoms with van der Waals surface area (Å²) in [4.78, 5) is 21.5. The largest absolute Gasteiger partial charge is 0.378 e. The van der Waals surface area contributed by atoms with Gasteiger partial charge in [-0.1, -0.05) is 12.1 Å². The van der Waals surface area contributed by atoms with Crippen molar-refractivity contribution in [1.29, 1.82) is 0 Å². The molecule has 0 spiro atoms. The summed E-state index contributed by atoms with van der Waals surface area (Å²) in [7, 11) is 5.72. The fraction of sp³-hybridized carbons (Fsp3) is 0.381. The topological polar surface area (TPSA) is 71.8 Å². The Labute approximate surface area is 173 Å². The van der Waals surface area contributed by atoms with Gasteiger partial charge in [0, 0.05) is 38.1 Å². The molecule has 0 amide bonds. The Morgan fingerprint density at radius 3 is 2.72 bits per heavy atom. The van der Waals surface area contributed by atoms with Gasteiger partial charge in [-0.2, -0.15) is 5.10 Å². The fourth-order valence-corrected chi connectivity index (χ4v) is 4.49. The second-order valence-corrected chi connectivity index (χ2v) is 9.15. The average molecular weight is 412 g/mol. The zero-order valence-electron chi connectivity index (χ0n) is 17.3. The Hall–Kier alpha value is -2.71. The molecule has 1 N–H and O–H groups in total. The van der Waals surface area contributed by atoms with Crippen molar-refractivity contribution in [2.45, 2.75) is 32.5 Å². The second kappa shape index (κ2) is 7.27. The summed E-state index contributed by atoms with van der Waals surface area (Å²) >= 11 is 1.53. The normalized spacial score (nSPS) is 15.6. The lowest BCUT2D eigenvalue weighted by Gasteiger charge is -2.29. The number of rotatable bonds is 4. The standard InChI is InChI=1S/C21H25N5O2S/c1-21(2)10-15-16(12-28-21)29-18-17(15)19(27)26(5)20(23-18)24-22-11-13-6-8-14(9-7-13)25(3)4/h6-9,11H,10,12H2,1-5H3,(H,23,24). The molecule has 0 atom stereocenters. The van der Waals surface area contributed by atoms with E-state index in [1.165, 1.54) is 15.9 Å². The number of benzene rings is 1. The van der Waals surface area contributed by atoms with Gasteiger partial charge in [0.1, 0.15) is 4.83 Å². The SMILES string of the molecule is CN(C)c1ccc(C=NNc2nc3sc4c(c3c(=O)n2C)CC(C)(C)OC4)cc1. The Morgan fingerprint density at radius 2 is 2.03 bits per heavy atom. The molecule has 152 valence electrons. The Balaban J connectivity index is 1.62. The van der Waals surface area contributed by atoms with Crippen LogP contribution in [0.25, 0.3) is 10.2 Å². The summed E-state index contributed by atoms with van der Waals surface area (Å²) in [5, 5.41) is 4.98. The molecule has 4 rings (SSSR count). The molecular weight excluding hydrogens is 386 g/mol. The highest BCUT2D eigenvalue weighted by atomic mass is 32.1. The average Bonchev–Trinajstić information content (AvgIpc) is 3.02. The van der Waals surface area contributed by atoms with Crippen LogP contribution >= 0.6 is 11.3 Å². The molecular formula is C21H25N5O2S. The number of ether oxygens (including phenoxy) is 1. The summed E-state index contributed by atoms with van der Waals surface area (Å²) in [6, 6.07) is 8.04. The van der Waals surface area contributed by atoms with E-state index in [2.05, 4.69) is 15.5 Å². The van der Waals surface area contributed by atoms with E-state index < -0.39 is 0 Å². The lowest BCUT2D eigenvalue weighted by atomic mass is 9.94. The summed E-state index contributed by atoms with van der Waals surface area (Å²) in [5.74, 6) is 0.419. The van der Waals surface area contributed by atoms with Gasteiger partial charge in [-0.3, -0.25) is 9.36 Å². The fourth-order valence-electron chi connectivity index (χ4n) is 3.40. The lowest BCUT2D eigenvalue weighted by Crippen LogP contribution is -2.32. The highest BCUT2D eigenvalue weighted by Crippen LogP contribution is 2.37. The van der Waals surface area contributed by atoms with Gasteiger partial charge >= 0.3 is 0 Å². The first-order valence-corrected chi connectivity index (χ1v) is 10.3. The van der Waals surface area contributed by atoms with Crippen LogP contribution in [0.5, 0.6) is 0 Å². The maximum atomic E-state index is 13.0. The molecule has 1 aliphatic heterocycles. The number of hydrogen-bond donors (Lipinski definition) is 1. The van der Waals surface area contributed by atoms with Crippen molar-refractivity contribution in [3.8, 4) is 0 Å². The summed E-state index contributed by atoms with van der Waals surface area (Å²) in [6.07, 6.45) is 2.43. The zero-order chi connectivity index (χ0) is 20.8. The number of hydrogen-bond acceptors (Lipinski definition) is 7. The van der Waals surface area contributed by atoms with Crippen molar-refractivity contribution in [3.63, 3.8) is 0 Å². The number of fused-ring (bicyclic) bond motifs is 3. The van der Waals surface area contributed by atoms with E-state index in [0.29, 0.717) is 24.4 Å². The van der Waals surface area contributed by atoms with Crippen LogP contribution in [0.1, 0.15) is 29.9 Å². The monoisotopic (exact) mass is 411 g/mol. The highest BCUT2D eigenvalue weighted by molar-refractivity contribution is 7.18. The first kappa shape index (κ1) is 19.6. The molecule has 0 unspecified atom stereocenters. The van der Waals surface area contributed by atoms with Crippen LogP contribution in [0.15, 0.2) is 34.2 Å². The third-order valence-corrected chi connectivity index (χ3v) is 6.20. The Morgan fingerprint density at radius 1 is 1.31 bits per heavy atom. The lowest BCUT2D eigenvalue weighted by molar-refractivity contribution is -0.0379. The molecule has 0 saturated heterocycles. The van der Waals surface area contributed by atoms with Crippen LogP contribution in [0.2, 0.25) is 0 Å². The van der Waals surface area contributed by atoms with E-state index in [4.69, 9.17) is 4.74 Å². The quantitative estimate of drug-likeness (QED) is 0.527. The van der Waals surface area contributed by atoms with Gasteiger partial charge in [0.15, 0.2) is 0 Å². The van der Waals surface area contributed by atoms with Crippen molar-refractivity contribution in [2.75, 3.05) is 24.4 Å². The molecule has 1 aliphatic rings. The molecule has 0 radical (unpaired) electrons. The van der Waals surface area contributed by atoms with Crippen LogP contribution in [-0.2, 0) is 24.8 Å². The minimum absolute atomic E-state index is 0.0572. The molecule has 3 aromatic rings. The highest BCUT2D eigenvalue weighted by Gasteiger charge is 2.31. The third kappa shape index (κ3) is 3.77. The van der Waals surface area contributed by atoms with Gasteiger partial charge in [-0.05, 0) is 37.1 Å². The van der Waals surface area contributed by atoms with Gasteiger partial charge in [-0.25, -0.2) is 10.4 Å². The van der Waals surface area contributed by atoms with Crippen LogP contribution in [0, 0.1) is 0 Å². The van der Waals surface area contributed by atoms with Crippen LogP contribution < -0.4 is 15.9 Å². The maximum absolute atomic E-state index is 13.0. The van der Waals surface area contributed by atoms with E-state index in [0.717, 1.165) is 26.5 Å². The minimum Gasteiger partial charge on any atom is -0.378 e. The van der Waals surface area contributed by atoms with Gasteiger partial charge in [0.05, 0.1) is 23.8 Å². The Kier molecular flexibility index (Phi) is 4.92. The summed E-state index contributed by atoms with van der Waals surface area (Å²) in [6.45, 7) is 4.62. The summed E-state index contributed by atoms with van der Waals surface area (Å²) < 4.78 is 7.41. The number of anilines is 2. The third-order valence-electron chi connectivity index (χ3n) is 5.10. The molecule has 0 fully saturated rings. The van der Waals surface area contributed by atoms with E-state index in [9.17, 15) is 4.79 Å². The van der Waals surface area contributed by atoms with Crippen LogP contribution in [0.3, 0.4) is 0 Å². The Bertz CT molecular complexity index is 1140.